The van der Waals surface area contributed by atoms with Crippen molar-refractivity contribution >= 4 is 17.6 Å². The molecule has 0 heterocycles. The van der Waals surface area contributed by atoms with Gasteiger partial charge in [0, 0.05) is 18.1 Å². The Morgan fingerprint density at radius 1 is 1.20 bits per heavy atom. The van der Waals surface area contributed by atoms with Gasteiger partial charge in [-0.3, -0.25) is 0 Å². The lowest BCUT2D eigenvalue weighted by molar-refractivity contribution is 0.191. The largest absolute Gasteiger partial charge is 0.497 e. The van der Waals surface area contributed by atoms with Gasteiger partial charge in [0.05, 0.1) is 13.2 Å². The average Bonchev–Trinajstić information content (AvgIpc) is 2.61. The van der Waals surface area contributed by atoms with Crippen molar-refractivity contribution in [3.8, 4) is 5.75 Å². The van der Waals surface area contributed by atoms with Crippen LogP contribution in [0.4, 0.5) is 4.79 Å². The van der Waals surface area contributed by atoms with E-state index in [1.807, 2.05) is 62.4 Å². The van der Waals surface area contributed by atoms with Crippen molar-refractivity contribution < 1.29 is 9.53 Å². The first-order chi connectivity index (χ1) is 11.9. The molecule has 2 unspecified atom stereocenters. The Balaban J connectivity index is 1.94. The van der Waals surface area contributed by atoms with Crippen molar-refractivity contribution in [1.82, 2.24) is 10.2 Å². The third-order valence-electron chi connectivity index (χ3n) is 4.30. The maximum Gasteiger partial charge on any atom is 0.317 e. The molecule has 2 aromatic rings. The van der Waals surface area contributed by atoms with Gasteiger partial charge in [0.1, 0.15) is 5.75 Å². The Hall–Kier alpha value is -2.20. The van der Waals surface area contributed by atoms with Crippen molar-refractivity contribution in [1.29, 1.82) is 0 Å². The summed E-state index contributed by atoms with van der Waals surface area (Å²) < 4.78 is 5.24. The zero-order chi connectivity index (χ0) is 18.4. The van der Waals surface area contributed by atoms with Gasteiger partial charge in [-0.25, -0.2) is 4.79 Å². The molecule has 0 aliphatic heterocycles. The van der Waals surface area contributed by atoms with Gasteiger partial charge < -0.3 is 15.0 Å². The van der Waals surface area contributed by atoms with Crippen LogP contribution in [0.3, 0.4) is 0 Å². The number of benzene rings is 2. The summed E-state index contributed by atoms with van der Waals surface area (Å²) in [6, 6.07) is 15.3. The lowest BCUT2D eigenvalue weighted by Crippen LogP contribution is -2.43. The molecule has 0 radical (unpaired) electrons. The molecule has 0 spiro atoms. The first-order valence-corrected chi connectivity index (χ1v) is 8.70. The van der Waals surface area contributed by atoms with Crippen molar-refractivity contribution in [2.45, 2.75) is 32.4 Å². The van der Waals surface area contributed by atoms with Crippen molar-refractivity contribution in [3.05, 3.63) is 64.7 Å². The van der Waals surface area contributed by atoms with E-state index in [9.17, 15) is 4.79 Å². The Labute approximate surface area is 154 Å². The van der Waals surface area contributed by atoms with Crippen LogP contribution < -0.4 is 10.1 Å². The van der Waals surface area contributed by atoms with E-state index in [-0.39, 0.29) is 18.1 Å². The Morgan fingerprint density at radius 3 is 2.52 bits per heavy atom. The smallest absolute Gasteiger partial charge is 0.317 e. The fourth-order valence-electron chi connectivity index (χ4n) is 2.66. The average molecular weight is 361 g/mol. The highest BCUT2D eigenvalue weighted by atomic mass is 35.5. The van der Waals surface area contributed by atoms with Crippen LogP contribution in [0.5, 0.6) is 5.75 Å². The van der Waals surface area contributed by atoms with E-state index < -0.39 is 0 Å². The number of hydrogen-bond donors (Lipinski definition) is 1. The maximum absolute atomic E-state index is 12.5. The van der Waals surface area contributed by atoms with E-state index in [2.05, 4.69) is 5.32 Å². The zero-order valence-electron chi connectivity index (χ0n) is 15.1. The number of carbonyl (C=O) groups is 1. The van der Waals surface area contributed by atoms with Crippen LogP contribution in [0.15, 0.2) is 48.5 Å². The minimum Gasteiger partial charge on any atom is -0.497 e. The van der Waals surface area contributed by atoms with E-state index in [0.29, 0.717) is 5.02 Å². The molecule has 2 amide bonds. The Kier molecular flexibility index (Phi) is 6.71. The molecular weight excluding hydrogens is 336 g/mol. The molecule has 2 rings (SSSR count). The minimum atomic E-state index is -0.0992. The van der Waals surface area contributed by atoms with E-state index in [1.165, 1.54) is 0 Å². The first-order valence-electron chi connectivity index (χ1n) is 8.32. The van der Waals surface area contributed by atoms with Crippen LogP contribution in [-0.2, 0) is 6.42 Å². The number of rotatable bonds is 6. The lowest BCUT2D eigenvalue weighted by atomic mass is 10.1. The summed E-state index contributed by atoms with van der Waals surface area (Å²) in [6.07, 6.45) is 0.742. The quantitative estimate of drug-likeness (QED) is 0.812. The van der Waals surface area contributed by atoms with Crippen LogP contribution in [0.2, 0.25) is 5.02 Å². The maximum atomic E-state index is 12.5. The summed E-state index contributed by atoms with van der Waals surface area (Å²) in [4.78, 5) is 14.2. The molecule has 0 bridgehead atoms. The second kappa shape index (κ2) is 8.77. The number of nitrogens with one attached hydrogen (secondary N) is 1. The Bertz CT molecular complexity index is 703. The van der Waals surface area contributed by atoms with Gasteiger partial charge >= 0.3 is 6.03 Å². The van der Waals surface area contributed by atoms with Gasteiger partial charge in [0.25, 0.3) is 0 Å². The molecule has 1 N–H and O–H groups in total. The second-order valence-electron chi connectivity index (χ2n) is 6.24. The fraction of sp³-hybridized carbons (Fsp3) is 0.350. The highest BCUT2D eigenvalue weighted by Crippen LogP contribution is 2.21. The molecule has 2 atom stereocenters. The van der Waals surface area contributed by atoms with E-state index >= 15 is 0 Å². The van der Waals surface area contributed by atoms with Gasteiger partial charge in [0.15, 0.2) is 0 Å². The highest BCUT2D eigenvalue weighted by Gasteiger charge is 2.19. The van der Waals surface area contributed by atoms with Gasteiger partial charge in [0.2, 0.25) is 0 Å². The molecule has 134 valence electrons. The number of hydrogen-bond acceptors (Lipinski definition) is 2. The summed E-state index contributed by atoms with van der Waals surface area (Å²) in [5.41, 5.74) is 2.17. The summed E-state index contributed by atoms with van der Waals surface area (Å²) in [7, 11) is 3.45. The zero-order valence-corrected chi connectivity index (χ0v) is 15.9. The third kappa shape index (κ3) is 5.40. The van der Waals surface area contributed by atoms with Crippen LogP contribution in [0.25, 0.3) is 0 Å². The molecule has 0 aliphatic carbocycles. The molecule has 0 aromatic heterocycles. The number of amides is 2. The lowest BCUT2D eigenvalue weighted by Gasteiger charge is -2.27. The molecule has 4 nitrogen and oxygen atoms in total. The number of carbonyl (C=O) groups excluding carboxylic acids is 1. The molecule has 0 saturated carbocycles. The second-order valence-corrected chi connectivity index (χ2v) is 6.68. The molecule has 0 aliphatic rings. The molecular formula is C20H25ClN2O2. The SMILES string of the molecule is COc1cccc(CC(C)NC(=O)N(C)C(C)c2ccc(Cl)cc2)c1. The number of urea groups is 1. The molecule has 25 heavy (non-hydrogen) atoms. The number of methoxy groups -OCH3 is 1. The van der Waals surface area contributed by atoms with Crippen molar-refractivity contribution in [3.63, 3.8) is 0 Å². The van der Waals surface area contributed by atoms with Gasteiger partial charge in [-0.05, 0) is 55.7 Å². The predicted molar refractivity (Wildman–Crippen MR) is 102 cm³/mol. The van der Waals surface area contributed by atoms with Gasteiger partial charge in [-0.15, -0.1) is 0 Å². The monoisotopic (exact) mass is 360 g/mol. The fourth-order valence-corrected chi connectivity index (χ4v) is 2.78. The van der Waals surface area contributed by atoms with Gasteiger partial charge in [-0.1, -0.05) is 35.9 Å². The number of nitrogens with zero attached hydrogens (tertiary/aromatic N) is 1. The highest BCUT2D eigenvalue weighted by molar-refractivity contribution is 6.30. The predicted octanol–water partition coefficient (Wildman–Crippen LogP) is 4.68. The molecule has 2 aromatic carbocycles. The topological polar surface area (TPSA) is 41.6 Å². The summed E-state index contributed by atoms with van der Waals surface area (Å²) in [5, 5.41) is 3.74. The molecule has 0 saturated heterocycles. The van der Waals surface area contributed by atoms with Crippen LogP contribution in [-0.4, -0.2) is 31.1 Å². The standard InChI is InChI=1S/C20H25ClN2O2/c1-14(12-16-6-5-7-19(13-16)25-4)22-20(24)23(3)15(2)17-8-10-18(21)11-9-17/h5-11,13-15H,12H2,1-4H3,(H,22,24). The van der Waals surface area contributed by atoms with E-state index in [1.54, 1.807) is 19.1 Å². The third-order valence-corrected chi connectivity index (χ3v) is 4.55. The number of ether oxygens (including phenoxy) is 1. The summed E-state index contributed by atoms with van der Waals surface area (Å²) in [6.45, 7) is 3.99. The van der Waals surface area contributed by atoms with Crippen LogP contribution in [0.1, 0.15) is 31.0 Å². The number of halogens is 1. The van der Waals surface area contributed by atoms with Crippen LogP contribution in [0, 0.1) is 0 Å². The summed E-state index contributed by atoms with van der Waals surface area (Å²) in [5.74, 6) is 0.824. The van der Waals surface area contributed by atoms with Crippen molar-refractivity contribution in [2.75, 3.05) is 14.2 Å². The normalized spacial score (nSPS) is 13.0. The van der Waals surface area contributed by atoms with E-state index in [4.69, 9.17) is 16.3 Å². The minimum absolute atomic E-state index is 0.0134. The van der Waals surface area contributed by atoms with Crippen LogP contribution >= 0.6 is 11.6 Å². The first kappa shape index (κ1) is 19.1. The van der Waals surface area contributed by atoms with E-state index in [0.717, 1.165) is 23.3 Å². The Morgan fingerprint density at radius 2 is 1.88 bits per heavy atom. The summed E-state index contributed by atoms with van der Waals surface area (Å²) >= 11 is 5.92. The molecule has 0 fully saturated rings. The molecule has 5 heteroatoms. The van der Waals surface area contributed by atoms with Gasteiger partial charge in [-0.2, -0.15) is 0 Å². The van der Waals surface area contributed by atoms with Crippen molar-refractivity contribution in [2.24, 2.45) is 0 Å².